The molecular formula is C21H22FN7O. The minimum absolute atomic E-state index is 0.0126. The molecule has 1 saturated carbocycles. The number of rotatable bonds is 7. The molecule has 1 aliphatic carbocycles. The zero-order valence-electron chi connectivity index (χ0n) is 16.6. The number of fused-ring (bicyclic) bond motifs is 3. The first-order valence-electron chi connectivity index (χ1n) is 9.77. The van der Waals surface area contributed by atoms with Crippen molar-refractivity contribution in [2.75, 3.05) is 13.7 Å². The molecule has 2 aromatic heterocycles. The molecule has 3 aromatic rings. The molecule has 0 aliphatic heterocycles. The second-order valence-corrected chi connectivity index (χ2v) is 7.36. The molecule has 0 bridgehead atoms. The van der Waals surface area contributed by atoms with Crippen LogP contribution < -0.4 is 5.32 Å². The van der Waals surface area contributed by atoms with Crippen LogP contribution in [0.5, 0.6) is 0 Å². The molecule has 2 unspecified atom stereocenters. The monoisotopic (exact) mass is 407 g/mol. The van der Waals surface area contributed by atoms with Gasteiger partial charge in [0.25, 0.3) is 0 Å². The van der Waals surface area contributed by atoms with Crippen molar-refractivity contribution in [3.63, 3.8) is 0 Å². The van der Waals surface area contributed by atoms with Crippen molar-refractivity contribution >= 4 is 21.9 Å². The maximum atomic E-state index is 14.1. The third kappa shape index (κ3) is 3.74. The van der Waals surface area contributed by atoms with Crippen LogP contribution in [0, 0.1) is 16.9 Å². The van der Waals surface area contributed by atoms with Crippen LogP contribution in [0.2, 0.25) is 0 Å². The zero-order valence-corrected chi connectivity index (χ0v) is 16.6. The van der Waals surface area contributed by atoms with Crippen molar-refractivity contribution in [2.45, 2.75) is 38.0 Å². The van der Waals surface area contributed by atoms with E-state index in [4.69, 9.17) is 15.3 Å². The van der Waals surface area contributed by atoms with Crippen molar-refractivity contribution in [3.05, 3.63) is 47.7 Å². The Morgan fingerprint density at radius 1 is 1.47 bits per heavy atom. The van der Waals surface area contributed by atoms with Crippen LogP contribution >= 0.6 is 0 Å². The highest BCUT2D eigenvalue weighted by molar-refractivity contribution is 6.02. The Morgan fingerprint density at radius 3 is 3.03 bits per heavy atom. The van der Waals surface area contributed by atoms with E-state index in [0.29, 0.717) is 36.2 Å². The van der Waals surface area contributed by atoms with E-state index < -0.39 is 6.17 Å². The van der Waals surface area contributed by atoms with Gasteiger partial charge in [0, 0.05) is 24.7 Å². The Balaban J connectivity index is 1.82. The van der Waals surface area contributed by atoms with Gasteiger partial charge in [0.05, 0.1) is 42.0 Å². The number of pyridine rings is 1. The highest BCUT2D eigenvalue weighted by atomic mass is 19.1. The lowest BCUT2D eigenvalue weighted by atomic mass is 10.1. The molecule has 1 aromatic carbocycles. The molecule has 9 heteroatoms. The first-order chi connectivity index (χ1) is 14.6. The van der Waals surface area contributed by atoms with E-state index in [2.05, 4.69) is 26.1 Å². The average molecular weight is 407 g/mol. The largest absolute Gasteiger partial charge is 0.382 e. The van der Waals surface area contributed by atoms with Crippen molar-refractivity contribution in [1.29, 1.82) is 10.8 Å². The number of benzene rings is 1. The average Bonchev–Trinajstić information content (AvgIpc) is 3.35. The number of nitrogens with zero attached hydrogens (tertiary/aromatic N) is 5. The topological polar surface area (TPSA) is 112 Å². The molecule has 1 aliphatic rings. The third-order valence-electron chi connectivity index (χ3n) is 5.39. The molecule has 4 rings (SSSR count). The lowest BCUT2D eigenvalue weighted by Gasteiger charge is -2.17. The Labute approximate surface area is 172 Å². The summed E-state index contributed by atoms with van der Waals surface area (Å²) in [7, 11) is 1.54. The summed E-state index contributed by atoms with van der Waals surface area (Å²) in [4.78, 5) is 9.23. The van der Waals surface area contributed by atoms with Gasteiger partial charge in [-0.05, 0) is 37.5 Å². The van der Waals surface area contributed by atoms with Gasteiger partial charge in [-0.1, -0.05) is 0 Å². The maximum absolute atomic E-state index is 14.1. The van der Waals surface area contributed by atoms with E-state index in [1.807, 2.05) is 12.1 Å². The number of alkyl halides is 1. The van der Waals surface area contributed by atoms with Crippen LogP contribution in [0.3, 0.4) is 0 Å². The fourth-order valence-electron chi connectivity index (χ4n) is 4.07. The van der Waals surface area contributed by atoms with Crippen molar-refractivity contribution in [2.24, 2.45) is 5.11 Å². The number of nitriles is 1. The van der Waals surface area contributed by atoms with Gasteiger partial charge in [0.2, 0.25) is 0 Å². The molecule has 0 saturated heterocycles. The quantitative estimate of drug-likeness (QED) is 0.572. The molecule has 2 heterocycles. The standard InChI is InChI=1S/C21H22FN7O/c1-30-12-15(28-24)9-25-11-20-27-19-10-26-18-5-2-13(8-23)6-17(18)21(19)29(20)16-4-3-14(22)7-16/h2,5-6,9-10,14,16,24-25H,3-4,7,11-12H2,1H3/b15-9-,28-24?. The smallest absolute Gasteiger partial charge is 0.129 e. The van der Waals surface area contributed by atoms with Crippen molar-refractivity contribution < 1.29 is 9.13 Å². The molecule has 154 valence electrons. The van der Waals surface area contributed by atoms with Gasteiger partial charge in [-0.3, -0.25) is 4.98 Å². The summed E-state index contributed by atoms with van der Waals surface area (Å²) in [5, 5.41) is 16.7. The number of aromatic nitrogens is 3. The highest BCUT2D eigenvalue weighted by Crippen LogP contribution is 2.37. The zero-order chi connectivity index (χ0) is 21.1. The Morgan fingerprint density at radius 2 is 2.33 bits per heavy atom. The lowest BCUT2D eigenvalue weighted by Crippen LogP contribution is -2.16. The molecule has 1 fully saturated rings. The van der Waals surface area contributed by atoms with E-state index in [9.17, 15) is 9.65 Å². The van der Waals surface area contributed by atoms with Crippen LogP contribution in [0.4, 0.5) is 4.39 Å². The van der Waals surface area contributed by atoms with Gasteiger partial charge < -0.3 is 14.6 Å². The first-order valence-corrected chi connectivity index (χ1v) is 9.77. The normalized spacial score (nSPS) is 19.3. The predicted octanol–water partition coefficient (Wildman–Crippen LogP) is 4.13. The van der Waals surface area contributed by atoms with Gasteiger partial charge in [0.1, 0.15) is 23.2 Å². The van der Waals surface area contributed by atoms with Crippen LogP contribution in [-0.4, -0.2) is 34.4 Å². The summed E-state index contributed by atoms with van der Waals surface area (Å²) in [6.07, 6.45) is 4.21. The summed E-state index contributed by atoms with van der Waals surface area (Å²) in [5.74, 6) is 0.749. The predicted molar refractivity (Wildman–Crippen MR) is 109 cm³/mol. The van der Waals surface area contributed by atoms with E-state index in [0.717, 1.165) is 28.7 Å². The number of nitrogens with one attached hydrogen (secondary N) is 2. The number of ether oxygens (including phenoxy) is 1. The molecule has 2 atom stereocenters. The van der Waals surface area contributed by atoms with E-state index in [1.54, 1.807) is 25.6 Å². The molecule has 8 nitrogen and oxygen atoms in total. The molecule has 0 spiro atoms. The van der Waals surface area contributed by atoms with Crippen LogP contribution in [0.15, 0.2) is 41.4 Å². The molecular weight excluding hydrogens is 385 g/mol. The molecule has 0 amide bonds. The van der Waals surface area contributed by atoms with E-state index >= 15 is 0 Å². The second kappa shape index (κ2) is 8.55. The number of hydrogen-bond acceptors (Lipinski definition) is 7. The van der Waals surface area contributed by atoms with Gasteiger partial charge in [0.15, 0.2) is 0 Å². The van der Waals surface area contributed by atoms with E-state index in [-0.39, 0.29) is 12.6 Å². The van der Waals surface area contributed by atoms with Crippen LogP contribution in [-0.2, 0) is 11.3 Å². The van der Waals surface area contributed by atoms with Crippen molar-refractivity contribution in [3.8, 4) is 6.07 Å². The fourth-order valence-corrected chi connectivity index (χ4v) is 4.07. The summed E-state index contributed by atoms with van der Waals surface area (Å²) in [6.45, 7) is 0.606. The summed E-state index contributed by atoms with van der Waals surface area (Å²) >= 11 is 0. The number of hydrogen-bond donors (Lipinski definition) is 2. The maximum Gasteiger partial charge on any atom is 0.129 e. The SMILES string of the molecule is COC/C(=C/NCc1nc2cnc3ccc(C#N)cc3c2n1C1CCC(F)C1)N=N. The highest BCUT2D eigenvalue weighted by Gasteiger charge is 2.29. The van der Waals surface area contributed by atoms with E-state index in [1.165, 1.54) is 0 Å². The summed E-state index contributed by atoms with van der Waals surface area (Å²) < 4.78 is 21.2. The van der Waals surface area contributed by atoms with Crippen LogP contribution in [0.25, 0.3) is 21.9 Å². The number of methoxy groups -OCH3 is 1. The second-order valence-electron chi connectivity index (χ2n) is 7.36. The summed E-state index contributed by atoms with van der Waals surface area (Å²) in [6, 6.07) is 7.54. The van der Waals surface area contributed by atoms with Gasteiger partial charge in [-0.15, -0.1) is 0 Å². The lowest BCUT2D eigenvalue weighted by molar-refractivity contribution is 0.223. The first kappa shape index (κ1) is 19.9. The van der Waals surface area contributed by atoms with Crippen LogP contribution in [0.1, 0.15) is 36.7 Å². The Bertz CT molecular complexity index is 1160. The minimum atomic E-state index is -0.827. The Hall–Kier alpha value is -3.38. The minimum Gasteiger partial charge on any atom is -0.382 e. The molecule has 2 N–H and O–H groups in total. The van der Waals surface area contributed by atoms with Crippen molar-refractivity contribution in [1.82, 2.24) is 19.9 Å². The number of halogens is 1. The summed E-state index contributed by atoms with van der Waals surface area (Å²) in [5.41, 5.74) is 10.6. The van der Waals surface area contributed by atoms with Gasteiger partial charge >= 0.3 is 0 Å². The fraction of sp³-hybridized carbons (Fsp3) is 0.381. The van der Waals surface area contributed by atoms with Gasteiger partial charge in [-0.2, -0.15) is 10.4 Å². The van der Waals surface area contributed by atoms with Gasteiger partial charge in [-0.25, -0.2) is 14.9 Å². The third-order valence-corrected chi connectivity index (χ3v) is 5.39. The Kier molecular flexibility index (Phi) is 5.68. The number of imidazole rings is 1. The molecule has 0 radical (unpaired) electrons. The molecule has 30 heavy (non-hydrogen) atoms.